The van der Waals surface area contributed by atoms with Crippen molar-refractivity contribution in [1.82, 2.24) is 0 Å². The lowest BCUT2D eigenvalue weighted by atomic mass is 9.45. The summed E-state index contributed by atoms with van der Waals surface area (Å²) in [6.07, 6.45) is 10.2. The number of allylic oxidation sites excluding steroid dienone is 1. The Hall–Kier alpha value is -1.97. The Balaban J connectivity index is 1.92. The number of unbranched alkanes of at least 4 members (excludes halogenated alkanes) is 2. The van der Waals surface area contributed by atoms with Crippen LogP contribution in [-0.4, -0.2) is 22.8 Å². The Labute approximate surface area is 225 Å². The topological polar surface area (TPSA) is 66.8 Å². The Morgan fingerprint density at radius 1 is 1.03 bits per heavy atom. The number of hydrogen-bond acceptors (Lipinski definition) is 4. The van der Waals surface area contributed by atoms with Gasteiger partial charge in [-0.2, -0.15) is 0 Å². The van der Waals surface area contributed by atoms with E-state index in [0.717, 1.165) is 36.8 Å². The van der Waals surface area contributed by atoms with Crippen LogP contribution in [0.1, 0.15) is 124 Å². The van der Waals surface area contributed by atoms with Gasteiger partial charge < -0.3 is 14.9 Å². The third-order valence-corrected chi connectivity index (χ3v) is 9.63. The molecule has 37 heavy (non-hydrogen) atoms. The van der Waals surface area contributed by atoms with E-state index in [1.165, 1.54) is 19.3 Å². The molecule has 0 aromatic heterocycles. The number of aromatic hydroxyl groups is 2. The molecule has 4 atom stereocenters. The average Bonchev–Trinajstić information content (AvgIpc) is 2.80. The second-order valence-corrected chi connectivity index (χ2v) is 13.9. The summed E-state index contributed by atoms with van der Waals surface area (Å²) in [6.45, 7) is 19.4. The highest BCUT2D eigenvalue weighted by Gasteiger charge is 2.56. The predicted octanol–water partition coefficient (Wildman–Crippen LogP) is 8.65. The molecule has 0 aliphatic heterocycles. The van der Waals surface area contributed by atoms with E-state index in [2.05, 4.69) is 47.6 Å². The molecule has 4 rings (SSSR count). The number of fused-ring (bicyclic) bond motifs is 1. The zero-order valence-corrected chi connectivity index (χ0v) is 24.9. The number of carbonyl (C=O) groups is 1. The Kier molecular flexibility index (Phi) is 8.82. The monoisotopic (exact) mass is 512 g/mol. The average molecular weight is 513 g/mol. The van der Waals surface area contributed by atoms with Crippen LogP contribution in [-0.2, 0) is 14.9 Å². The number of esters is 1. The summed E-state index contributed by atoms with van der Waals surface area (Å²) < 4.78 is 5.70. The van der Waals surface area contributed by atoms with E-state index >= 15 is 0 Å². The van der Waals surface area contributed by atoms with Gasteiger partial charge in [0.15, 0.2) is 0 Å². The van der Waals surface area contributed by atoms with Gasteiger partial charge in [0.2, 0.25) is 0 Å². The van der Waals surface area contributed by atoms with Gasteiger partial charge >= 0.3 is 5.97 Å². The van der Waals surface area contributed by atoms with Crippen molar-refractivity contribution in [3.05, 3.63) is 34.9 Å². The van der Waals surface area contributed by atoms with Gasteiger partial charge in [0.1, 0.15) is 18.1 Å². The predicted molar refractivity (Wildman–Crippen MR) is 152 cm³/mol. The molecule has 1 saturated carbocycles. The van der Waals surface area contributed by atoms with Gasteiger partial charge in [-0.15, -0.1) is 0 Å². The maximum atomic E-state index is 12.4. The molecule has 4 nitrogen and oxygen atoms in total. The van der Waals surface area contributed by atoms with E-state index in [9.17, 15) is 15.0 Å². The third kappa shape index (κ3) is 5.88. The Bertz CT molecular complexity index is 971. The molecule has 1 aromatic rings. The van der Waals surface area contributed by atoms with Gasteiger partial charge in [0.05, 0.1) is 5.41 Å². The number of hydrogen-bond donors (Lipinski definition) is 2. The minimum Gasteiger partial charge on any atom is -0.507 e. The largest absolute Gasteiger partial charge is 0.507 e. The lowest BCUT2D eigenvalue weighted by molar-refractivity contribution is -0.152. The van der Waals surface area contributed by atoms with E-state index < -0.39 is 5.41 Å². The van der Waals surface area contributed by atoms with E-state index in [4.69, 9.17) is 4.74 Å². The fraction of sp³-hybridized carbons (Fsp3) is 0.727. The molecule has 3 aliphatic rings. The standard InChI is InChI=1S/C33H52O4/c1-10-12-13-15-22(14-11-2)32(6,7)23-17-27(34)29(28(35)18-23)24-16-21(20-37-30(36)31(3,4)5)25-19-26(24)33(25,8)9/h16-18,22,24-26,34-35H,10-15,19-20H2,1-9H3/t22?,24-,25+,26-/m0/s1. The first kappa shape index (κ1) is 29.6. The van der Waals surface area contributed by atoms with Gasteiger partial charge in [-0.25, -0.2) is 0 Å². The molecule has 2 bridgehead atoms. The molecule has 0 saturated heterocycles. The number of phenolic OH excluding ortho intramolecular Hbond substituents is 2. The van der Waals surface area contributed by atoms with Crippen molar-refractivity contribution in [1.29, 1.82) is 0 Å². The molecule has 208 valence electrons. The molecule has 0 spiro atoms. The lowest BCUT2D eigenvalue weighted by Gasteiger charge is -2.59. The Morgan fingerprint density at radius 2 is 1.65 bits per heavy atom. The highest BCUT2D eigenvalue weighted by atomic mass is 16.5. The SMILES string of the molecule is CCCCCC(CCC)C(C)(C)c1cc(O)c([C@H]2C=C(COC(=O)C(C)(C)C)[C@H]3C[C@@H]2C3(C)C)c(O)c1. The fourth-order valence-corrected chi connectivity index (χ4v) is 6.89. The maximum Gasteiger partial charge on any atom is 0.311 e. The maximum absolute atomic E-state index is 12.4. The molecule has 1 aromatic carbocycles. The second kappa shape index (κ2) is 11.0. The molecule has 2 N–H and O–H groups in total. The summed E-state index contributed by atoms with van der Waals surface area (Å²) in [4.78, 5) is 12.4. The normalized spacial score (nSPS) is 23.7. The minimum absolute atomic E-state index is 0.0191. The quantitative estimate of drug-likeness (QED) is 0.177. The summed E-state index contributed by atoms with van der Waals surface area (Å²) in [7, 11) is 0. The zero-order chi connectivity index (χ0) is 27.8. The number of benzene rings is 1. The fourth-order valence-electron chi connectivity index (χ4n) is 6.89. The van der Waals surface area contributed by atoms with E-state index in [0.29, 0.717) is 23.3 Å². The van der Waals surface area contributed by atoms with Crippen molar-refractivity contribution < 1.29 is 19.7 Å². The van der Waals surface area contributed by atoms with E-state index in [1.807, 2.05) is 32.9 Å². The van der Waals surface area contributed by atoms with E-state index in [1.54, 1.807) is 0 Å². The number of carbonyl (C=O) groups excluding carboxylic acids is 1. The van der Waals surface area contributed by atoms with Crippen LogP contribution in [0.4, 0.5) is 0 Å². The molecule has 1 unspecified atom stereocenters. The highest BCUT2D eigenvalue weighted by molar-refractivity contribution is 5.75. The summed E-state index contributed by atoms with van der Waals surface area (Å²) in [5, 5.41) is 22.7. The van der Waals surface area contributed by atoms with Gasteiger partial charge in [0, 0.05) is 11.5 Å². The Morgan fingerprint density at radius 3 is 2.16 bits per heavy atom. The highest BCUT2D eigenvalue weighted by Crippen LogP contribution is 2.65. The molecular formula is C33H52O4. The van der Waals surface area contributed by atoms with E-state index in [-0.39, 0.29) is 40.8 Å². The van der Waals surface area contributed by atoms with Crippen LogP contribution in [0.2, 0.25) is 0 Å². The van der Waals surface area contributed by atoms with Gasteiger partial charge in [0.25, 0.3) is 0 Å². The van der Waals surface area contributed by atoms with Crippen LogP contribution in [0, 0.1) is 28.6 Å². The van der Waals surface area contributed by atoms with Crippen LogP contribution >= 0.6 is 0 Å². The minimum atomic E-state index is -0.544. The number of rotatable bonds is 11. The van der Waals surface area contributed by atoms with Crippen LogP contribution in [0.5, 0.6) is 11.5 Å². The van der Waals surface area contributed by atoms with Crippen molar-refractivity contribution in [2.24, 2.45) is 28.6 Å². The molecule has 4 heteroatoms. The molecule has 0 heterocycles. The van der Waals surface area contributed by atoms with Gasteiger partial charge in [-0.05, 0) is 91.9 Å². The summed E-state index contributed by atoms with van der Waals surface area (Å²) in [6, 6.07) is 3.81. The van der Waals surface area contributed by atoms with Crippen molar-refractivity contribution in [3.63, 3.8) is 0 Å². The number of phenols is 2. The third-order valence-electron chi connectivity index (χ3n) is 9.63. The van der Waals surface area contributed by atoms with Crippen molar-refractivity contribution in [2.75, 3.05) is 6.61 Å². The van der Waals surface area contributed by atoms with Crippen molar-refractivity contribution in [2.45, 2.75) is 119 Å². The molecule has 0 amide bonds. The first-order valence-electron chi connectivity index (χ1n) is 14.6. The van der Waals surface area contributed by atoms with Crippen molar-refractivity contribution in [3.8, 4) is 11.5 Å². The number of ether oxygens (including phenoxy) is 1. The van der Waals surface area contributed by atoms with Crippen molar-refractivity contribution >= 4 is 5.97 Å². The molecule has 1 fully saturated rings. The van der Waals surface area contributed by atoms with Crippen LogP contribution in [0.15, 0.2) is 23.8 Å². The van der Waals surface area contributed by atoms with Gasteiger partial charge in [-0.3, -0.25) is 4.79 Å². The van der Waals surface area contributed by atoms with Gasteiger partial charge in [-0.1, -0.05) is 73.3 Å². The summed E-state index contributed by atoms with van der Waals surface area (Å²) in [5.41, 5.74) is 2.06. The first-order chi connectivity index (χ1) is 17.2. The lowest BCUT2D eigenvalue weighted by Crippen LogP contribution is -2.52. The zero-order valence-electron chi connectivity index (χ0n) is 24.9. The molecular weight excluding hydrogens is 460 g/mol. The summed E-state index contributed by atoms with van der Waals surface area (Å²) in [5.74, 6) is 1.25. The van der Waals surface area contributed by atoms with Crippen LogP contribution in [0.3, 0.4) is 0 Å². The molecule has 0 radical (unpaired) electrons. The smallest absolute Gasteiger partial charge is 0.311 e. The summed E-state index contributed by atoms with van der Waals surface area (Å²) >= 11 is 0. The first-order valence-corrected chi connectivity index (χ1v) is 14.6. The second-order valence-electron chi connectivity index (χ2n) is 13.9. The van der Waals surface area contributed by atoms with Crippen LogP contribution in [0.25, 0.3) is 0 Å². The molecule has 3 aliphatic carbocycles. The van der Waals surface area contributed by atoms with Crippen LogP contribution < -0.4 is 0 Å².